The molecule has 0 bridgehead atoms. The molecule has 2 aliphatic heterocycles. The summed E-state index contributed by atoms with van der Waals surface area (Å²) in [7, 11) is 0. The van der Waals surface area contributed by atoms with E-state index < -0.39 is 11.9 Å². The molecule has 2 aliphatic rings. The van der Waals surface area contributed by atoms with E-state index in [4.69, 9.17) is 5.11 Å². The summed E-state index contributed by atoms with van der Waals surface area (Å²) in [5.74, 6) is -1.73. The van der Waals surface area contributed by atoms with Crippen LogP contribution in [0.1, 0.15) is 18.4 Å². The van der Waals surface area contributed by atoms with Crippen molar-refractivity contribution in [2.24, 2.45) is 5.92 Å². The predicted octanol–water partition coefficient (Wildman–Crippen LogP) is 2.10. The summed E-state index contributed by atoms with van der Waals surface area (Å²) in [4.78, 5) is 26.8. The summed E-state index contributed by atoms with van der Waals surface area (Å²) in [5, 5.41) is 9.10. The number of fused-ring (bicyclic) bond motifs is 1. The Balaban J connectivity index is 1.78. The molecule has 1 N–H and O–H groups in total. The first-order valence-electron chi connectivity index (χ1n) is 7.14. The first kappa shape index (κ1) is 13.9. The fraction of sp³-hybridized carbons (Fsp3) is 0.467. The summed E-state index contributed by atoms with van der Waals surface area (Å²) < 4.78 is 13.4. The molecule has 1 aromatic carbocycles. The van der Waals surface area contributed by atoms with Gasteiger partial charge in [0, 0.05) is 19.6 Å². The number of aliphatic carboxylic acids is 1. The van der Waals surface area contributed by atoms with Gasteiger partial charge in [0.1, 0.15) is 5.82 Å². The van der Waals surface area contributed by atoms with Gasteiger partial charge in [0.2, 0.25) is 0 Å². The van der Waals surface area contributed by atoms with Crippen molar-refractivity contribution in [1.82, 2.24) is 4.90 Å². The van der Waals surface area contributed by atoms with Crippen LogP contribution in [0.3, 0.4) is 0 Å². The van der Waals surface area contributed by atoms with Crippen molar-refractivity contribution in [3.63, 3.8) is 0 Å². The third kappa shape index (κ3) is 2.57. The van der Waals surface area contributed by atoms with Gasteiger partial charge in [0.25, 0.3) is 0 Å². The zero-order valence-electron chi connectivity index (χ0n) is 11.6. The minimum absolute atomic E-state index is 0.217. The van der Waals surface area contributed by atoms with Crippen molar-refractivity contribution in [3.05, 3.63) is 29.6 Å². The number of carboxylic acid groups (broad SMARTS) is 1. The molecule has 0 saturated carbocycles. The second kappa shape index (κ2) is 5.35. The van der Waals surface area contributed by atoms with Gasteiger partial charge in [0.15, 0.2) is 0 Å². The molecule has 1 saturated heterocycles. The van der Waals surface area contributed by atoms with E-state index in [1.807, 2.05) is 0 Å². The Morgan fingerprint density at radius 2 is 2.10 bits per heavy atom. The van der Waals surface area contributed by atoms with Crippen molar-refractivity contribution >= 4 is 17.7 Å². The van der Waals surface area contributed by atoms with Crippen molar-refractivity contribution in [1.29, 1.82) is 0 Å². The molecular weight excluding hydrogens is 275 g/mol. The number of amides is 2. The maximum atomic E-state index is 13.4. The number of likely N-dealkylation sites (tertiary alicyclic amines) is 1. The number of carbonyl (C=O) groups excluding carboxylic acids is 1. The molecule has 2 heterocycles. The Morgan fingerprint density at radius 1 is 1.29 bits per heavy atom. The molecule has 0 aliphatic carbocycles. The highest BCUT2D eigenvalue weighted by Crippen LogP contribution is 2.30. The van der Waals surface area contributed by atoms with Crippen LogP contribution in [-0.2, 0) is 11.2 Å². The molecule has 3 rings (SSSR count). The first-order chi connectivity index (χ1) is 10.1. The second-order valence-electron chi connectivity index (χ2n) is 5.58. The smallest absolute Gasteiger partial charge is 0.324 e. The Labute approximate surface area is 122 Å². The van der Waals surface area contributed by atoms with Gasteiger partial charge in [0.05, 0.1) is 11.6 Å². The van der Waals surface area contributed by atoms with Crippen LogP contribution in [0.5, 0.6) is 0 Å². The van der Waals surface area contributed by atoms with Gasteiger partial charge in [-0.15, -0.1) is 0 Å². The molecule has 21 heavy (non-hydrogen) atoms. The van der Waals surface area contributed by atoms with Gasteiger partial charge in [-0.1, -0.05) is 6.07 Å². The monoisotopic (exact) mass is 292 g/mol. The highest BCUT2D eigenvalue weighted by atomic mass is 19.1. The van der Waals surface area contributed by atoms with Crippen LogP contribution in [0.2, 0.25) is 0 Å². The van der Waals surface area contributed by atoms with E-state index in [0.29, 0.717) is 38.0 Å². The molecule has 2 amide bonds. The van der Waals surface area contributed by atoms with Crippen LogP contribution in [0.25, 0.3) is 0 Å². The maximum Gasteiger partial charge on any atom is 0.324 e. The van der Waals surface area contributed by atoms with Crippen molar-refractivity contribution in [2.45, 2.75) is 19.3 Å². The van der Waals surface area contributed by atoms with E-state index >= 15 is 0 Å². The van der Waals surface area contributed by atoms with E-state index in [9.17, 15) is 14.0 Å². The predicted molar refractivity (Wildman–Crippen MR) is 74.8 cm³/mol. The number of nitrogens with zero attached hydrogens (tertiary/aromatic N) is 2. The molecular formula is C15H17FN2O3. The molecule has 0 radical (unpaired) electrons. The zero-order chi connectivity index (χ0) is 15.0. The largest absolute Gasteiger partial charge is 0.481 e. The lowest BCUT2D eigenvalue weighted by Crippen LogP contribution is -2.48. The second-order valence-corrected chi connectivity index (χ2v) is 5.58. The molecule has 1 aromatic rings. The quantitative estimate of drug-likeness (QED) is 0.862. The lowest BCUT2D eigenvalue weighted by atomic mass is 9.99. The summed E-state index contributed by atoms with van der Waals surface area (Å²) in [6.07, 6.45) is 1.99. The highest BCUT2D eigenvalue weighted by Gasteiger charge is 2.33. The van der Waals surface area contributed by atoms with E-state index in [-0.39, 0.29) is 18.4 Å². The third-order valence-electron chi connectivity index (χ3n) is 4.21. The standard InChI is InChI=1S/C15H17FN2O3/c16-12-4-3-10-5-7-18(13(10)8-12)15(21)17-6-1-2-11(9-17)14(19)20/h3-4,8,11H,1-2,5-7,9H2,(H,19,20)/t11-/m0/s1. The molecule has 1 fully saturated rings. The van der Waals surface area contributed by atoms with Crippen LogP contribution in [-0.4, -0.2) is 41.6 Å². The van der Waals surface area contributed by atoms with E-state index in [1.165, 1.54) is 12.1 Å². The molecule has 112 valence electrons. The average molecular weight is 292 g/mol. The highest BCUT2D eigenvalue weighted by molar-refractivity contribution is 5.94. The molecule has 0 unspecified atom stereocenters. The Bertz CT molecular complexity index is 590. The number of halogens is 1. The van der Waals surface area contributed by atoms with Crippen LogP contribution in [0.15, 0.2) is 18.2 Å². The van der Waals surface area contributed by atoms with Crippen molar-refractivity contribution < 1.29 is 19.1 Å². The SMILES string of the molecule is O=C(O)[C@H]1CCCN(C(=O)N2CCc3ccc(F)cc32)C1. The number of piperidine rings is 1. The third-order valence-corrected chi connectivity index (χ3v) is 4.21. The van der Waals surface area contributed by atoms with Gasteiger partial charge >= 0.3 is 12.0 Å². The number of hydrogen-bond acceptors (Lipinski definition) is 2. The molecule has 5 nitrogen and oxygen atoms in total. The Kier molecular flexibility index (Phi) is 3.53. The van der Waals surface area contributed by atoms with Crippen molar-refractivity contribution in [2.75, 3.05) is 24.5 Å². The van der Waals surface area contributed by atoms with Gasteiger partial charge in [-0.3, -0.25) is 9.69 Å². The number of hydrogen-bond donors (Lipinski definition) is 1. The topological polar surface area (TPSA) is 60.9 Å². The van der Waals surface area contributed by atoms with Crippen LogP contribution in [0, 0.1) is 11.7 Å². The summed E-state index contributed by atoms with van der Waals surface area (Å²) in [6.45, 7) is 1.31. The summed E-state index contributed by atoms with van der Waals surface area (Å²) in [5.41, 5.74) is 1.56. The normalized spacial score (nSPS) is 21.3. The van der Waals surface area contributed by atoms with Crippen molar-refractivity contribution in [3.8, 4) is 0 Å². The summed E-state index contributed by atoms with van der Waals surface area (Å²) in [6, 6.07) is 4.26. The maximum absolute atomic E-state index is 13.4. The lowest BCUT2D eigenvalue weighted by Gasteiger charge is -2.33. The van der Waals surface area contributed by atoms with E-state index in [2.05, 4.69) is 0 Å². The molecule has 6 heteroatoms. The minimum atomic E-state index is -0.861. The number of anilines is 1. The van der Waals surface area contributed by atoms with Gasteiger partial charge in [-0.05, 0) is 37.0 Å². The molecule has 1 atom stereocenters. The lowest BCUT2D eigenvalue weighted by molar-refractivity contribution is -0.143. The fourth-order valence-electron chi connectivity index (χ4n) is 3.07. The Hall–Kier alpha value is -2.11. The van der Waals surface area contributed by atoms with E-state index in [0.717, 1.165) is 5.56 Å². The number of carboxylic acids is 1. The van der Waals surface area contributed by atoms with Crippen LogP contribution >= 0.6 is 0 Å². The van der Waals surface area contributed by atoms with Crippen LogP contribution < -0.4 is 4.90 Å². The average Bonchev–Trinajstić information content (AvgIpc) is 2.89. The number of benzene rings is 1. The van der Waals surface area contributed by atoms with Gasteiger partial charge in [-0.2, -0.15) is 0 Å². The van der Waals surface area contributed by atoms with Gasteiger partial charge in [-0.25, -0.2) is 9.18 Å². The van der Waals surface area contributed by atoms with E-state index in [1.54, 1.807) is 15.9 Å². The minimum Gasteiger partial charge on any atom is -0.481 e. The summed E-state index contributed by atoms with van der Waals surface area (Å²) >= 11 is 0. The number of carbonyl (C=O) groups is 2. The van der Waals surface area contributed by atoms with Gasteiger partial charge < -0.3 is 10.0 Å². The number of rotatable bonds is 1. The fourth-order valence-corrected chi connectivity index (χ4v) is 3.07. The molecule has 0 aromatic heterocycles. The Morgan fingerprint density at radius 3 is 2.86 bits per heavy atom. The zero-order valence-corrected chi connectivity index (χ0v) is 11.6. The molecule has 0 spiro atoms. The van der Waals surface area contributed by atoms with Crippen LogP contribution in [0.4, 0.5) is 14.9 Å². The first-order valence-corrected chi connectivity index (χ1v) is 7.14. The number of urea groups is 1.